The molecule has 3 rings (SSSR count). The third-order valence-electron chi connectivity index (χ3n) is 3.48. The van der Waals surface area contributed by atoms with Crippen molar-refractivity contribution in [2.24, 2.45) is 0 Å². The van der Waals surface area contributed by atoms with Crippen LogP contribution in [0.4, 0.5) is 5.69 Å². The van der Waals surface area contributed by atoms with E-state index in [-0.39, 0.29) is 5.56 Å². The van der Waals surface area contributed by atoms with Gasteiger partial charge in [0.25, 0.3) is 5.56 Å². The van der Waals surface area contributed by atoms with Crippen LogP contribution >= 0.6 is 34.5 Å². The molecule has 1 N–H and O–H groups in total. The standard InChI is InChI=1S/C17H13Cl2N3O2S/c1-10(17(24)20-13-8-11(18)7-12(19)9-13)22-16(23)5-4-14(21-22)15-3-2-6-25-15/h2-10H,1H3,(H,20,24). The lowest BCUT2D eigenvalue weighted by Crippen LogP contribution is -2.33. The van der Waals surface area contributed by atoms with Gasteiger partial charge in [0.05, 0.1) is 4.88 Å². The van der Waals surface area contributed by atoms with Crippen molar-refractivity contribution in [3.63, 3.8) is 0 Å². The van der Waals surface area contributed by atoms with Crippen LogP contribution in [0.15, 0.2) is 52.6 Å². The fraction of sp³-hybridized carbons (Fsp3) is 0.118. The molecular formula is C17H13Cl2N3O2S. The topological polar surface area (TPSA) is 64.0 Å². The van der Waals surface area contributed by atoms with Crippen molar-refractivity contribution in [2.45, 2.75) is 13.0 Å². The van der Waals surface area contributed by atoms with Crippen molar-refractivity contribution < 1.29 is 4.79 Å². The van der Waals surface area contributed by atoms with Crippen LogP contribution in [0.1, 0.15) is 13.0 Å². The molecule has 8 heteroatoms. The van der Waals surface area contributed by atoms with Crippen molar-refractivity contribution in [3.05, 3.63) is 68.2 Å². The Kier molecular flexibility index (Phi) is 5.22. The Balaban J connectivity index is 1.87. The summed E-state index contributed by atoms with van der Waals surface area (Å²) in [7, 11) is 0. The molecule has 1 amide bonds. The van der Waals surface area contributed by atoms with Crippen LogP contribution in [0.3, 0.4) is 0 Å². The van der Waals surface area contributed by atoms with Crippen LogP contribution in [-0.4, -0.2) is 15.7 Å². The van der Waals surface area contributed by atoms with Gasteiger partial charge in [-0.2, -0.15) is 5.10 Å². The maximum absolute atomic E-state index is 12.5. The maximum atomic E-state index is 12.5. The minimum absolute atomic E-state index is 0.355. The van der Waals surface area contributed by atoms with Gasteiger partial charge in [0.15, 0.2) is 0 Å². The largest absolute Gasteiger partial charge is 0.324 e. The van der Waals surface area contributed by atoms with Crippen LogP contribution in [0.2, 0.25) is 10.0 Å². The summed E-state index contributed by atoms with van der Waals surface area (Å²) in [5.74, 6) is -0.392. The minimum Gasteiger partial charge on any atom is -0.324 e. The number of thiophene rings is 1. The Morgan fingerprint density at radius 2 is 1.92 bits per heavy atom. The molecule has 0 aliphatic rings. The minimum atomic E-state index is -0.801. The zero-order valence-corrected chi connectivity index (χ0v) is 15.4. The zero-order valence-electron chi connectivity index (χ0n) is 13.1. The Morgan fingerprint density at radius 1 is 1.20 bits per heavy atom. The fourth-order valence-corrected chi connectivity index (χ4v) is 3.46. The molecule has 3 aromatic rings. The van der Waals surface area contributed by atoms with Gasteiger partial charge in [0, 0.05) is 21.8 Å². The van der Waals surface area contributed by atoms with E-state index in [0.717, 1.165) is 9.56 Å². The number of carbonyl (C=O) groups is 1. The highest BCUT2D eigenvalue weighted by molar-refractivity contribution is 7.13. The second kappa shape index (κ2) is 7.39. The number of carbonyl (C=O) groups excluding carboxylic acids is 1. The summed E-state index contributed by atoms with van der Waals surface area (Å²) in [5.41, 5.74) is 0.740. The molecule has 1 aromatic carbocycles. The molecule has 0 fully saturated rings. The summed E-state index contributed by atoms with van der Waals surface area (Å²) in [6.07, 6.45) is 0. The van der Waals surface area contributed by atoms with Gasteiger partial charge in [-0.05, 0) is 42.6 Å². The lowest BCUT2D eigenvalue weighted by atomic mass is 10.2. The first kappa shape index (κ1) is 17.7. The molecule has 1 atom stereocenters. The van der Waals surface area contributed by atoms with Crippen molar-refractivity contribution in [2.75, 3.05) is 5.32 Å². The number of benzene rings is 1. The van der Waals surface area contributed by atoms with Crippen molar-refractivity contribution in [1.29, 1.82) is 0 Å². The van der Waals surface area contributed by atoms with E-state index < -0.39 is 11.9 Å². The van der Waals surface area contributed by atoms with Crippen molar-refractivity contribution >= 4 is 46.1 Å². The van der Waals surface area contributed by atoms with Gasteiger partial charge < -0.3 is 5.32 Å². The molecule has 0 aliphatic heterocycles. The van der Waals surface area contributed by atoms with Crippen molar-refractivity contribution in [1.82, 2.24) is 9.78 Å². The maximum Gasteiger partial charge on any atom is 0.267 e. The van der Waals surface area contributed by atoms with Crippen LogP contribution in [0, 0.1) is 0 Å². The Bertz CT molecular complexity index is 950. The summed E-state index contributed by atoms with van der Waals surface area (Å²) in [5, 5.41) is 9.75. The molecule has 25 heavy (non-hydrogen) atoms. The number of rotatable bonds is 4. The molecule has 1 unspecified atom stereocenters. The predicted molar refractivity (Wildman–Crippen MR) is 102 cm³/mol. The van der Waals surface area contributed by atoms with E-state index in [4.69, 9.17) is 23.2 Å². The number of hydrogen-bond acceptors (Lipinski definition) is 4. The number of amides is 1. The third-order valence-corrected chi connectivity index (χ3v) is 4.80. The van der Waals surface area contributed by atoms with Gasteiger partial charge in [-0.1, -0.05) is 29.3 Å². The first-order valence-electron chi connectivity index (χ1n) is 7.35. The number of hydrogen-bond donors (Lipinski definition) is 1. The van der Waals surface area contributed by atoms with Gasteiger partial charge in [-0.15, -0.1) is 11.3 Å². The highest BCUT2D eigenvalue weighted by Crippen LogP contribution is 2.24. The zero-order chi connectivity index (χ0) is 18.0. The molecule has 0 bridgehead atoms. The summed E-state index contributed by atoms with van der Waals surface area (Å²) < 4.78 is 1.16. The molecule has 128 valence electrons. The molecule has 2 heterocycles. The lowest BCUT2D eigenvalue weighted by molar-refractivity contribution is -0.119. The fourth-order valence-electron chi connectivity index (χ4n) is 2.24. The quantitative estimate of drug-likeness (QED) is 0.710. The average Bonchev–Trinajstić information content (AvgIpc) is 3.08. The van der Waals surface area contributed by atoms with Crippen LogP contribution < -0.4 is 10.9 Å². The van der Waals surface area contributed by atoms with E-state index in [1.807, 2.05) is 17.5 Å². The first-order valence-corrected chi connectivity index (χ1v) is 8.98. The van der Waals surface area contributed by atoms with E-state index in [9.17, 15) is 9.59 Å². The van der Waals surface area contributed by atoms with Crippen LogP contribution in [0.5, 0.6) is 0 Å². The van der Waals surface area contributed by atoms with Gasteiger partial charge in [0.1, 0.15) is 11.7 Å². The molecular weight excluding hydrogens is 381 g/mol. The number of anilines is 1. The SMILES string of the molecule is CC(C(=O)Nc1cc(Cl)cc(Cl)c1)n1nc(-c2cccs2)ccc1=O. The second-order valence-electron chi connectivity index (χ2n) is 5.30. The Hall–Kier alpha value is -2.15. The summed E-state index contributed by atoms with van der Waals surface area (Å²) >= 11 is 13.4. The Labute approximate surface area is 157 Å². The first-order chi connectivity index (χ1) is 11.9. The normalized spacial score (nSPS) is 12.0. The smallest absolute Gasteiger partial charge is 0.267 e. The van der Waals surface area contributed by atoms with E-state index in [0.29, 0.717) is 21.4 Å². The van der Waals surface area contributed by atoms with E-state index >= 15 is 0 Å². The monoisotopic (exact) mass is 393 g/mol. The highest BCUT2D eigenvalue weighted by Gasteiger charge is 2.18. The molecule has 0 saturated heterocycles. The second-order valence-corrected chi connectivity index (χ2v) is 7.12. The molecule has 0 spiro atoms. The molecule has 0 saturated carbocycles. The van der Waals surface area contributed by atoms with Gasteiger partial charge in [0.2, 0.25) is 5.91 Å². The number of aromatic nitrogens is 2. The van der Waals surface area contributed by atoms with Gasteiger partial charge in [-0.25, -0.2) is 4.68 Å². The average molecular weight is 394 g/mol. The van der Waals surface area contributed by atoms with Crippen LogP contribution in [0.25, 0.3) is 10.6 Å². The van der Waals surface area contributed by atoms with E-state index in [1.54, 1.807) is 31.2 Å². The lowest BCUT2D eigenvalue weighted by Gasteiger charge is -2.15. The van der Waals surface area contributed by atoms with E-state index in [1.165, 1.54) is 17.4 Å². The molecule has 0 aliphatic carbocycles. The highest BCUT2D eigenvalue weighted by atomic mass is 35.5. The van der Waals surface area contributed by atoms with E-state index in [2.05, 4.69) is 10.4 Å². The van der Waals surface area contributed by atoms with Crippen LogP contribution in [-0.2, 0) is 4.79 Å². The number of halogens is 2. The summed E-state index contributed by atoms with van der Waals surface area (Å²) in [6.45, 7) is 1.61. The van der Waals surface area contributed by atoms with Gasteiger partial charge >= 0.3 is 0 Å². The van der Waals surface area contributed by atoms with Gasteiger partial charge in [-0.3, -0.25) is 9.59 Å². The Morgan fingerprint density at radius 3 is 2.56 bits per heavy atom. The number of nitrogens with one attached hydrogen (secondary N) is 1. The summed E-state index contributed by atoms with van der Waals surface area (Å²) in [4.78, 5) is 25.5. The number of nitrogens with zero attached hydrogens (tertiary/aromatic N) is 2. The predicted octanol–water partition coefficient (Wildman–Crippen LogP) is 4.48. The molecule has 2 aromatic heterocycles. The van der Waals surface area contributed by atoms with Crippen molar-refractivity contribution in [3.8, 4) is 10.6 Å². The molecule has 0 radical (unpaired) electrons. The third kappa shape index (κ3) is 4.10. The summed E-state index contributed by atoms with van der Waals surface area (Å²) in [6, 6.07) is 10.8. The molecule has 5 nitrogen and oxygen atoms in total.